The lowest BCUT2D eigenvalue weighted by molar-refractivity contribution is 0.422. The monoisotopic (exact) mass is 187 g/mol. The van der Waals surface area contributed by atoms with E-state index in [0.717, 1.165) is 12.1 Å². The third kappa shape index (κ3) is 1.95. The number of phenolic OH excluding ortho intramolecular Hbond substituents is 1. The fourth-order valence-corrected chi connectivity index (χ4v) is 1.04. The highest BCUT2D eigenvalue weighted by Crippen LogP contribution is 2.23. The summed E-state index contributed by atoms with van der Waals surface area (Å²) in [5.41, 5.74) is 0.206. The molecule has 0 aromatic heterocycles. The van der Waals surface area contributed by atoms with Crippen molar-refractivity contribution in [3.8, 4) is 5.75 Å². The van der Waals surface area contributed by atoms with Crippen molar-refractivity contribution in [2.24, 2.45) is 0 Å². The molecule has 1 aromatic rings. The van der Waals surface area contributed by atoms with E-state index in [1.807, 2.05) is 0 Å². The minimum atomic E-state index is -0.807. The molecule has 0 spiro atoms. The van der Waals surface area contributed by atoms with E-state index < -0.39 is 17.4 Å². The zero-order valence-electron chi connectivity index (χ0n) is 7.44. The number of nitrogens with one attached hydrogen (secondary N) is 1. The van der Waals surface area contributed by atoms with Gasteiger partial charge >= 0.3 is 0 Å². The molecule has 1 atom stereocenters. The van der Waals surface area contributed by atoms with Crippen molar-refractivity contribution < 1.29 is 13.9 Å². The molecule has 2 N–H and O–H groups in total. The molecular weight excluding hydrogens is 176 g/mol. The second-order valence-corrected chi connectivity index (χ2v) is 2.84. The Hall–Kier alpha value is -1.16. The van der Waals surface area contributed by atoms with Crippen LogP contribution in [-0.4, -0.2) is 12.2 Å². The summed E-state index contributed by atoms with van der Waals surface area (Å²) in [5, 5.41) is 11.6. The van der Waals surface area contributed by atoms with Gasteiger partial charge in [0.05, 0.1) is 0 Å². The molecule has 72 valence electrons. The van der Waals surface area contributed by atoms with Gasteiger partial charge in [-0.2, -0.15) is 0 Å². The Morgan fingerprint density at radius 3 is 2.46 bits per heavy atom. The lowest BCUT2D eigenvalue weighted by Crippen LogP contribution is -2.14. The van der Waals surface area contributed by atoms with Crippen molar-refractivity contribution >= 4 is 0 Å². The Labute approximate surface area is 75.2 Å². The van der Waals surface area contributed by atoms with Gasteiger partial charge < -0.3 is 10.4 Å². The number of aromatic hydroxyl groups is 1. The number of halogens is 2. The molecule has 0 saturated carbocycles. The van der Waals surface area contributed by atoms with Crippen LogP contribution in [0.4, 0.5) is 8.78 Å². The Morgan fingerprint density at radius 2 is 1.92 bits per heavy atom. The molecule has 0 radical (unpaired) electrons. The maximum absolute atomic E-state index is 13.1. The summed E-state index contributed by atoms with van der Waals surface area (Å²) in [6, 6.07) is 1.49. The molecule has 0 aliphatic rings. The van der Waals surface area contributed by atoms with Crippen molar-refractivity contribution in [3.05, 3.63) is 29.3 Å². The van der Waals surface area contributed by atoms with E-state index in [1.54, 1.807) is 14.0 Å². The fraction of sp³-hybridized carbons (Fsp3) is 0.333. The first-order chi connectivity index (χ1) is 6.06. The van der Waals surface area contributed by atoms with Crippen LogP contribution in [0.1, 0.15) is 18.5 Å². The lowest BCUT2D eigenvalue weighted by Gasteiger charge is -2.11. The predicted molar refractivity (Wildman–Crippen MR) is 45.5 cm³/mol. The van der Waals surface area contributed by atoms with Crippen LogP contribution in [0.5, 0.6) is 5.75 Å². The maximum Gasteiger partial charge on any atom is 0.165 e. The van der Waals surface area contributed by atoms with Crippen LogP contribution >= 0.6 is 0 Å². The van der Waals surface area contributed by atoms with E-state index in [9.17, 15) is 8.78 Å². The minimum absolute atomic E-state index is 0.206. The highest BCUT2D eigenvalue weighted by Gasteiger charge is 2.13. The van der Waals surface area contributed by atoms with Crippen molar-refractivity contribution in [3.63, 3.8) is 0 Å². The molecule has 0 bridgehead atoms. The van der Waals surface area contributed by atoms with Gasteiger partial charge in [0.2, 0.25) is 0 Å². The van der Waals surface area contributed by atoms with E-state index >= 15 is 0 Å². The fourth-order valence-electron chi connectivity index (χ4n) is 1.04. The highest BCUT2D eigenvalue weighted by atomic mass is 19.1. The topological polar surface area (TPSA) is 32.3 Å². The first-order valence-electron chi connectivity index (χ1n) is 3.91. The van der Waals surface area contributed by atoms with E-state index in [2.05, 4.69) is 5.32 Å². The average molecular weight is 187 g/mol. The van der Waals surface area contributed by atoms with Crippen molar-refractivity contribution in [2.75, 3.05) is 7.05 Å². The third-order valence-electron chi connectivity index (χ3n) is 1.97. The summed E-state index contributed by atoms with van der Waals surface area (Å²) in [6.45, 7) is 1.70. The largest absolute Gasteiger partial charge is 0.505 e. The summed E-state index contributed by atoms with van der Waals surface area (Å²) in [6.07, 6.45) is 0. The molecule has 13 heavy (non-hydrogen) atoms. The number of hydrogen-bond acceptors (Lipinski definition) is 2. The zero-order valence-corrected chi connectivity index (χ0v) is 7.44. The quantitative estimate of drug-likeness (QED) is 0.741. The van der Waals surface area contributed by atoms with Gasteiger partial charge in [-0.1, -0.05) is 0 Å². The van der Waals surface area contributed by atoms with Crippen LogP contribution in [0.2, 0.25) is 0 Å². The molecule has 1 aromatic carbocycles. The normalized spacial score (nSPS) is 12.9. The SMILES string of the molecule is CN[C@@H](C)c1cc(F)c(O)cc1F. The van der Waals surface area contributed by atoms with Gasteiger partial charge in [0, 0.05) is 17.7 Å². The minimum Gasteiger partial charge on any atom is -0.505 e. The molecule has 1 rings (SSSR count). The smallest absolute Gasteiger partial charge is 0.165 e. The second kappa shape index (κ2) is 3.70. The van der Waals surface area contributed by atoms with E-state index in [-0.39, 0.29) is 11.6 Å². The predicted octanol–water partition coefficient (Wildman–Crippen LogP) is 1.95. The second-order valence-electron chi connectivity index (χ2n) is 2.84. The highest BCUT2D eigenvalue weighted by molar-refractivity contribution is 5.31. The van der Waals surface area contributed by atoms with Gasteiger partial charge in [-0.05, 0) is 20.0 Å². The number of rotatable bonds is 2. The number of benzene rings is 1. The van der Waals surface area contributed by atoms with Crippen LogP contribution < -0.4 is 5.32 Å². The van der Waals surface area contributed by atoms with Gasteiger partial charge in [-0.15, -0.1) is 0 Å². The Balaban J connectivity index is 3.15. The van der Waals surface area contributed by atoms with Crippen LogP contribution in [-0.2, 0) is 0 Å². The summed E-state index contributed by atoms with van der Waals surface area (Å²) >= 11 is 0. The Kier molecular flexibility index (Phi) is 2.83. The lowest BCUT2D eigenvalue weighted by atomic mass is 10.1. The van der Waals surface area contributed by atoms with Gasteiger partial charge in [-0.25, -0.2) is 8.78 Å². The first-order valence-corrected chi connectivity index (χ1v) is 3.91. The summed E-state index contributed by atoms with van der Waals surface area (Å²) in [7, 11) is 1.65. The molecule has 0 heterocycles. The molecule has 0 unspecified atom stereocenters. The van der Waals surface area contributed by atoms with Gasteiger partial charge in [0.25, 0.3) is 0 Å². The summed E-state index contributed by atoms with van der Waals surface area (Å²) < 4.78 is 25.9. The molecule has 0 fully saturated rings. The molecule has 4 heteroatoms. The number of phenols is 1. The van der Waals surface area contributed by atoms with Crippen molar-refractivity contribution in [1.29, 1.82) is 0 Å². The van der Waals surface area contributed by atoms with Gasteiger partial charge in [0.15, 0.2) is 11.6 Å². The average Bonchev–Trinajstić information content (AvgIpc) is 2.10. The molecule has 0 aliphatic carbocycles. The number of hydrogen-bond donors (Lipinski definition) is 2. The molecule has 0 saturated heterocycles. The van der Waals surface area contributed by atoms with Crippen LogP contribution in [0, 0.1) is 11.6 Å². The zero-order chi connectivity index (χ0) is 10.0. The summed E-state index contributed by atoms with van der Waals surface area (Å²) in [4.78, 5) is 0. The van der Waals surface area contributed by atoms with E-state index in [4.69, 9.17) is 5.11 Å². The summed E-state index contributed by atoms with van der Waals surface area (Å²) in [5.74, 6) is -2.08. The van der Waals surface area contributed by atoms with Gasteiger partial charge in [-0.3, -0.25) is 0 Å². The molecule has 0 amide bonds. The molecule has 2 nitrogen and oxygen atoms in total. The maximum atomic E-state index is 13.1. The Morgan fingerprint density at radius 1 is 1.31 bits per heavy atom. The van der Waals surface area contributed by atoms with Crippen molar-refractivity contribution in [2.45, 2.75) is 13.0 Å². The van der Waals surface area contributed by atoms with E-state index in [0.29, 0.717) is 0 Å². The van der Waals surface area contributed by atoms with E-state index in [1.165, 1.54) is 0 Å². The van der Waals surface area contributed by atoms with Crippen LogP contribution in [0.25, 0.3) is 0 Å². The first kappa shape index (κ1) is 9.92. The van der Waals surface area contributed by atoms with Crippen molar-refractivity contribution in [1.82, 2.24) is 5.32 Å². The van der Waals surface area contributed by atoms with Crippen LogP contribution in [0.15, 0.2) is 12.1 Å². The Bertz CT molecular complexity index is 315. The molecular formula is C9H11F2NO. The van der Waals surface area contributed by atoms with Crippen LogP contribution in [0.3, 0.4) is 0 Å². The van der Waals surface area contributed by atoms with Gasteiger partial charge in [0.1, 0.15) is 5.82 Å². The standard InChI is InChI=1S/C9H11F2NO/c1-5(12-2)6-3-8(11)9(13)4-7(6)10/h3-5,12-13H,1-2H3/t5-/m0/s1. The molecule has 0 aliphatic heterocycles. The third-order valence-corrected chi connectivity index (χ3v) is 1.97.